The molecule has 3 heterocycles. The van der Waals surface area contributed by atoms with Crippen molar-refractivity contribution in [3.05, 3.63) is 29.3 Å². The summed E-state index contributed by atoms with van der Waals surface area (Å²) in [4.78, 5) is 12.1. The van der Waals surface area contributed by atoms with Gasteiger partial charge in [-0.2, -0.15) is 0 Å². The number of benzene rings is 1. The molecule has 1 amide bonds. The van der Waals surface area contributed by atoms with Crippen molar-refractivity contribution >= 4 is 15.9 Å². The smallest absolute Gasteiger partial charge is 0.251 e. The number of fused-ring (bicyclic) bond motifs is 3. The Morgan fingerprint density at radius 1 is 1.13 bits per heavy atom. The summed E-state index contributed by atoms with van der Waals surface area (Å²) in [7, 11) is -3.59. The van der Waals surface area contributed by atoms with Crippen LogP contribution in [0, 0.1) is 0 Å². The second-order valence-corrected chi connectivity index (χ2v) is 8.47. The Morgan fingerprint density at radius 3 is 2.61 bits per heavy atom. The predicted molar refractivity (Wildman–Crippen MR) is 85.8 cm³/mol. The average molecular weight is 335 g/mol. The predicted octanol–water partition coefficient (Wildman–Crippen LogP) is 0.534. The van der Waals surface area contributed by atoms with E-state index in [1.165, 1.54) is 6.07 Å². The van der Waals surface area contributed by atoms with E-state index in [1.807, 2.05) is 0 Å². The van der Waals surface area contributed by atoms with Gasteiger partial charge < -0.3 is 10.6 Å². The number of sulfonamides is 1. The third-order valence-electron chi connectivity index (χ3n) is 5.11. The van der Waals surface area contributed by atoms with Gasteiger partial charge in [-0.3, -0.25) is 4.79 Å². The molecule has 2 saturated heterocycles. The van der Waals surface area contributed by atoms with Crippen LogP contribution in [-0.2, 0) is 16.4 Å². The second kappa shape index (κ2) is 5.58. The highest BCUT2D eigenvalue weighted by Gasteiger charge is 2.35. The summed E-state index contributed by atoms with van der Waals surface area (Å²) in [6.07, 6.45) is 4.67. The van der Waals surface area contributed by atoms with Crippen molar-refractivity contribution < 1.29 is 13.2 Å². The molecule has 0 aliphatic carbocycles. The molecule has 2 bridgehead atoms. The molecule has 2 fully saturated rings. The molecule has 1 aromatic carbocycles. The fourth-order valence-corrected chi connectivity index (χ4v) is 5.29. The largest absolute Gasteiger partial charge is 0.352 e. The first kappa shape index (κ1) is 15.1. The molecule has 0 saturated carbocycles. The Balaban J connectivity index is 1.56. The topological polar surface area (TPSA) is 87.3 Å². The lowest BCUT2D eigenvalue weighted by Crippen LogP contribution is -2.47. The third-order valence-corrected chi connectivity index (χ3v) is 6.63. The van der Waals surface area contributed by atoms with Crippen LogP contribution >= 0.6 is 0 Å². The number of nitrogens with one attached hydrogen (secondary N) is 3. The van der Waals surface area contributed by atoms with Crippen molar-refractivity contribution in [2.45, 2.75) is 55.1 Å². The molecule has 4 rings (SSSR count). The molecule has 0 radical (unpaired) electrons. The van der Waals surface area contributed by atoms with E-state index in [0.717, 1.165) is 37.7 Å². The van der Waals surface area contributed by atoms with E-state index in [9.17, 15) is 13.2 Å². The summed E-state index contributed by atoms with van der Waals surface area (Å²) in [6, 6.07) is 5.70. The van der Waals surface area contributed by atoms with Crippen molar-refractivity contribution in [1.82, 2.24) is 15.4 Å². The summed E-state index contributed by atoms with van der Waals surface area (Å²) in [5.74, 6) is -0.191. The molecule has 7 heteroatoms. The molecule has 3 N–H and O–H groups in total. The molecule has 6 nitrogen and oxygen atoms in total. The molecule has 3 aliphatic heterocycles. The molecule has 2 unspecified atom stereocenters. The van der Waals surface area contributed by atoms with Crippen molar-refractivity contribution in [3.8, 4) is 0 Å². The van der Waals surface area contributed by atoms with Crippen molar-refractivity contribution in [2.24, 2.45) is 0 Å². The normalized spacial score (nSPS) is 29.9. The number of carbonyl (C=O) groups excluding carboxylic acids is 1. The van der Waals surface area contributed by atoms with Gasteiger partial charge >= 0.3 is 0 Å². The van der Waals surface area contributed by atoms with Crippen LogP contribution < -0.4 is 15.4 Å². The lowest BCUT2D eigenvalue weighted by molar-refractivity contribution is 0.0945. The van der Waals surface area contributed by atoms with Crippen LogP contribution in [0.15, 0.2) is 23.1 Å². The summed E-state index contributed by atoms with van der Waals surface area (Å²) in [5.41, 5.74) is 1.39. The Labute approximate surface area is 136 Å². The van der Waals surface area contributed by atoms with Crippen molar-refractivity contribution in [2.75, 3.05) is 6.54 Å². The number of piperidine rings is 1. The van der Waals surface area contributed by atoms with E-state index in [4.69, 9.17) is 0 Å². The van der Waals surface area contributed by atoms with Crippen LogP contribution in [0.4, 0.5) is 0 Å². The van der Waals surface area contributed by atoms with Gasteiger partial charge in [-0.15, -0.1) is 0 Å². The van der Waals surface area contributed by atoms with Crippen LogP contribution in [-0.4, -0.2) is 39.0 Å². The zero-order valence-corrected chi connectivity index (χ0v) is 13.7. The maximum absolute atomic E-state index is 12.7. The zero-order chi connectivity index (χ0) is 16.0. The third kappa shape index (κ3) is 2.88. The van der Waals surface area contributed by atoms with Crippen LogP contribution in [0.1, 0.15) is 41.6 Å². The summed E-state index contributed by atoms with van der Waals surface area (Å²) in [5, 5.41) is 6.26. The van der Waals surface area contributed by atoms with Crippen LogP contribution in [0.25, 0.3) is 0 Å². The molecule has 2 atom stereocenters. The van der Waals surface area contributed by atoms with Gasteiger partial charge in [0.05, 0.1) is 4.90 Å². The van der Waals surface area contributed by atoms with Crippen LogP contribution in [0.5, 0.6) is 0 Å². The zero-order valence-electron chi connectivity index (χ0n) is 12.8. The molecule has 3 aliphatic rings. The molecular weight excluding hydrogens is 314 g/mol. The van der Waals surface area contributed by atoms with Gasteiger partial charge in [0.15, 0.2) is 0 Å². The van der Waals surface area contributed by atoms with E-state index >= 15 is 0 Å². The molecule has 0 spiro atoms. The summed E-state index contributed by atoms with van der Waals surface area (Å²) in [6.45, 7) is 0.605. The Kier molecular flexibility index (Phi) is 3.66. The fourth-order valence-electron chi connectivity index (χ4n) is 4.00. The van der Waals surface area contributed by atoms with E-state index in [1.54, 1.807) is 12.1 Å². The SMILES string of the molecule is O=C1NCCc2ccc(S(=O)(=O)NC3CC4CCC(C3)N4)cc21. The first-order valence-electron chi connectivity index (χ1n) is 8.21. The minimum atomic E-state index is -3.59. The lowest BCUT2D eigenvalue weighted by Gasteiger charge is -2.29. The lowest BCUT2D eigenvalue weighted by atomic mass is 10.0. The number of hydrogen-bond acceptors (Lipinski definition) is 4. The van der Waals surface area contributed by atoms with Crippen LogP contribution in [0.2, 0.25) is 0 Å². The van der Waals surface area contributed by atoms with E-state index in [2.05, 4.69) is 15.4 Å². The van der Waals surface area contributed by atoms with E-state index < -0.39 is 10.0 Å². The van der Waals surface area contributed by atoms with Crippen molar-refractivity contribution in [3.63, 3.8) is 0 Å². The van der Waals surface area contributed by atoms with Gasteiger partial charge in [0.25, 0.3) is 5.91 Å². The quantitative estimate of drug-likeness (QED) is 0.752. The second-order valence-electron chi connectivity index (χ2n) is 6.75. The molecule has 1 aromatic rings. The standard InChI is InChI=1S/C16H21N3O3S/c20-16-15-9-14(4-1-10(15)5-6-17-16)23(21,22)19-13-7-11-2-3-12(8-13)18-11/h1,4,9,11-13,18-19H,2-3,5-8H2,(H,17,20). The highest BCUT2D eigenvalue weighted by atomic mass is 32.2. The van der Waals surface area contributed by atoms with Crippen molar-refractivity contribution in [1.29, 1.82) is 0 Å². The minimum Gasteiger partial charge on any atom is -0.352 e. The number of rotatable bonds is 3. The Morgan fingerprint density at radius 2 is 1.87 bits per heavy atom. The molecular formula is C16H21N3O3S. The summed E-state index contributed by atoms with van der Waals surface area (Å²) >= 11 is 0. The maximum Gasteiger partial charge on any atom is 0.251 e. The first-order valence-corrected chi connectivity index (χ1v) is 9.69. The molecule has 0 aromatic heterocycles. The van der Waals surface area contributed by atoms with E-state index in [0.29, 0.717) is 24.2 Å². The van der Waals surface area contributed by atoms with Gasteiger partial charge in [0, 0.05) is 30.2 Å². The van der Waals surface area contributed by atoms with Gasteiger partial charge in [0.1, 0.15) is 0 Å². The highest BCUT2D eigenvalue weighted by Crippen LogP contribution is 2.28. The molecule has 23 heavy (non-hydrogen) atoms. The first-order chi connectivity index (χ1) is 11.0. The maximum atomic E-state index is 12.7. The molecule has 124 valence electrons. The van der Waals surface area contributed by atoms with Gasteiger partial charge in [-0.25, -0.2) is 13.1 Å². The summed E-state index contributed by atoms with van der Waals surface area (Å²) < 4.78 is 28.2. The number of hydrogen-bond donors (Lipinski definition) is 3. The highest BCUT2D eigenvalue weighted by molar-refractivity contribution is 7.89. The minimum absolute atomic E-state index is 0.0244. The van der Waals surface area contributed by atoms with Gasteiger partial charge in [-0.05, 0) is 49.8 Å². The Hall–Kier alpha value is -1.44. The Bertz CT molecular complexity index is 735. The van der Waals surface area contributed by atoms with Crippen LogP contribution in [0.3, 0.4) is 0 Å². The average Bonchev–Trinajstić information content (AvgIpc) is 2.86. The number of carbonyl (C=O) groups is 1. The van der Waals surface area contributed by atoms with E-state index in [-0.39, 0.29) is 16.8 Å². The monoisotopic (exact) mass is 335 g/mol. The number of amides is 1. The fraction of sp³-hybridized carbons (Fsp3) is 0.562. The van der Waals surface area contributed by atoms with Gasteiger partial charge in [0.2, 0.25) is 10.0 Å². The van der Waals surface area contributed by atoms with Gasteiger partial charge in [-0.1, -0.05) is 6.07 Å².